The zero-order valence-corrected chi connectivity index (χ0v) is 12.9. The Labute approximate surface area is 118 Å². The molecule has 0 radical (unpaired) electrons. The summed E-state index contributed by atoms with van der Waals surface area (Å²) in [4.78, 5) is 15.7. The molecule has 3 heteroatoms. The van der Waals surface area contributed by atoms with Crippen LogP contribution in [0.3, 0.4) is 0 Å². The predicted molar refractivity (Wildman–Crippen MR) is 79.7 cm³/mol. The number of carbonyl (C=O) groups is 1. The highest BCUT2D eigenvalue weighted by Gasteiger charge is 2.18. The average molecular weight is 264 g/mol. The molecule has 1 amide bonds. The zero-order chi connectivity index (χ0) is 14.3. The smallest absolute Gasteiger partial charge is 0.223 e. The topological polar surface area (TPSA) is 23.6 Å². The van der Waals surface area contributed by atoms with Crippen LogP contribution in [-0.2, 0) is 4.79 Å². The van der Waals surface area contributed by atoms with E-state index >= 15 is 0 Å². The lowest BCUT2D eigenvalue weighted by Gasteiger charge is -2.23. The molecule has 1 saturated heterocycles. The lowest BCUT2D eigenvalue weighted by Crippen LogP contribution is -2.32. The van der Waals surface area contributed by atoms with Gasteiger partial charge in [-0.05, 0) is 18.3 Å². The summed E-state index contributed by atoms with van der Waals surface area (Å²) < 4.78 is 0. The SMILES string of the molecule is CC(C)CN(CC#CCN1CCCC1=O)CC(C)C. The highest BCUT2D eigenvalue weighted by atomic mass is 16.2. The van der Waals surface area contributed by atoms with E-state index in [1.54, 1.807) is 0 Å². The van der Waals surface area contributed by atoms with Gasteiger partial charge in [0.1, 0.15) is 0 Å². The molecule has 0 spiro atoms. The predicted octanol–water partition coefficient (Wildman–Crippen LogP) is 2.23. The van der Waals surface area contributed by atoms with Crippen LogP contribution in [0.5, 0.6) is 0 Å². The fourth-order valence-corrected chi connectivity index (χ4v) is 2.43. The van der Waals surface area contributed by atoms with Crippen LogP contribution in [0.25, 0.3) is 0 Å². The van der Waals surface area contributed by atoms with Gasteiger partial charge >= 0.3 is 0 Å². The Hall–Kier alpha value is -1.01. The number of hydrogen-bond acceptors (Lipinski definition) is 2. The maximum Gasteiger partial charge on any atom is 0.223 e. The molecule has 108 valence electrons. The zero-order valence-electron chi connectivity index (χ0n) is 12.9. The van der Waals surface area contributed by atoms with E-state index in [4.69, 9.17) is 0 Å². The first-order valence-electron chi connectivity index (χ1n) is 7.45. The van der Waals surface area contributed by atoms with Crippen LogP contribution in [0.2, 0.25) is 0 Å². The summed E-state index contributed by atoms with van der Waals surface area (Å²) in [5.41, 5.74) is 0. The molecule has 19 heavy (non-hydrogen) atoms. The summed E-state index contributed by atoms with van der Waals surface area (Å²) in [5, 5.41) is 0. The van der Waals surface area contributed by atoms with Crippen molar-refractivity contribution in [2.45, 2.75) is 40.5 Å². The summed E-state index contributed by atoms with van der Waals surface area (Å²) in [6.07, 6.45) is 1.70. The second kappa shape index (κ2) is 8.22. The van der Waals surface area contributed by atoms with Crippen molar-refractivity contribution in [1.29, 1.82) is 0 Å². The second-order valence-electron chi connectivity index (χ2n) is 6.25. The van der Waals surface area contributed by atoms with Crippen molar-refractivity contribution in [1.82, 2.24) is 9.80 Å². The van der Waals surface area contributed by atoms with Gasteiger partial charge in [0, 0.05) is 26.1 Å². The molecule has 0 aliphatic carbocycles. The van der Waals surface area contributed by atoms with E-state index in [0.717, 1.165) is 32.6 Å². The summed E-state index contributed by atoms with van der Waals surface area (Å²) in [5.74, 6) is 7.97. The highest BCUT2D eigenvalue weighted by Crippen LogP contribution is 2.08. The Bertz CT molecular complexity index is 328. The number of rotatable bonds is 6. The summed E-state index contributed by atoms with van der Waals surface area (Å²) in [7, 11) is 0. The molecule has 0 N–H and O–H groups in total. The molecule has 0 bridgehead atoms. The number of likely N-dealkylation sites (tertiary alicyclic amines) is 1. The van der Waals surface area contributed by atoms with E-state index in [9.17, 15) is 4.79 Å². The number of nitrogens with zero attached hydrogens (tertiary/aromatic N) is 2. The van der Waals surface area contributed by atoms with Gasteiger partial charge in [0.15, 0.2) is 0 Å². The fourth-order valence-electron chi connectivity index (χ4n) is 2.43. The Balaban J connectivity index is 2.35. The average Bonchev–Trinajstić information content (AvgIpc) is 2.68. The van der Waals surface area contributed by atoms with Crippen molar-refractivity contribution in [2.75, 3.05) is 32.7 Å². The third kappa shape index (κ3) is 6.63. The van der Waals surface area contributed by atoms with E-state index in [-0.39, 0.29) is 5.91 Å². The van der Waals surface area contributed by atoms with Crippen molar-refractivity contribution in [3.05, 3.63) is 0 Å². The quantitative estimate of drug-likeness (QED) is 0.687. The highest BCUT2D eigenvalue weighted by molar-refractivity contribution is 5.78. The summed E-state index contributed by atoms with van der Waals surface area (Å²) >= 11 is 0. The van der Waals surface area contributed by atoms with Gasteiger partial charge in [-0.3, -0.25) is 9.69 Å². The molecule has 0 aromatic carbocycles. The number of amides is 1. The van der Waals surface area contributed by atoms with Crippen LogP contribution in [0.1, 0.15) is 40.5 Å². The van der Waals surface area contributed by atoms with Crippen LogP contribution in [0.4, 0.5) is 0 Å². The maximum absolute atomic E-state index is 11.4. The Morgan fingerprint density at radius 1 is 1.16 bits per heavy atom. The first-order chi connectivity index (χ1) is 8.99. The molecule has 1 fully saturated rings. The molecule has 1 aliphatic rings. The first kappa shape index (κ1) is 16.0. The van der Waals surface area contributed by atoms with Gasteiger partial charge in [0.25, 0.3) is 0 Å². The first-order valence-corrected chi connectivity index (χ1v) is 7.45. The second-order valence-corrected chi connectivity index (χ2v) is 6.25. The standard InChI is InChI=1S/C16H28N2O/c1-14(2)12-17(13-15(3)4)9-5-6-10-18-11-7-8-16(18)19/h14-15H,7-13H2,1-4H3. The molecule has 1 aliphatic heterocycles. The van der Waals surface area contributed by atoms with Crippen molar-refractivity contribution >= 4 is 5.91 Å². The van der Waals surface area contributed by atoms with Gasteiger partial charge in [0.2, 0.25) is 5.91 Å². The minimum Gasteiger partial charge on any atom is -0.332 e. The van der Waals surface area contributed by atoms with Gasteiger partial charge in [-0.25, -0.2) is 0 Å². The van der Waals surface area contributed by atoms with Gasteiger partial charge in [-0.15, -0.1) is 0 Å². The molecule has 1 heterocycles. The molecule has 0 aromatic rings. The fraction of sp³-hybridized carbons (Fsp3) is 0.812. The number of carbonyl (C=O) groups excluding carboxylic acids is 1. The molecular formula is C16H28N2O. The van der Waals surface area contributed by atoms with Gasteiger partial charge in [0.05, 0.1) is 13.1 Å². The van der Waals surface area contributed by atoms with Gasteiger partial charge in [-0.1, -0.05) is 39.5 Å². The normalized spacial score (nSPS) is 15.5. The monoisotopic (exact) mass is 264 g/mol. The number of hydrogen-bond donors (Lipinski definition) is 0. The molecule has 0 unspecified atom stereocenters. The molecule has 0 saturated carbocycles. The molecule has 3 nitrogen and oxygen atoms in total. The van der Waals surface area contributed by atoms with E-state index < -0.39 is 0 Å². The Morgan fingerprint density at radius 2 is 1.79 bits per heavy atom. The van der Waals surface area contributed by atoms with Crippen molar-refractivity contribution < 1.29 is 4.79 Å². The van der Waals surface area contributed by atoms with Crippen molar-refractivity contribution in [3.63, 3.8) is 0 Å². The van der Waals surface area contributed by atoms with Crippen molar-refractivity contribution in [3.8, 4) is 11.8 Å². The van der Waals surface area contributed by atoms with Crippen LogP contribution >= 0.6 is 0 Å². The minimum atomic E-state index is 0.260. The van der Waals surface area contributed by atoms with Crippen LogP contribution < -0.4 is 0 Å². The van der Waals surface area contributed by atoms with Gasteiger partial charge in [-0.2, -0.15) is 0 Å². The summed E-state index contributed by atoms with van der Waals surface area (Å²) in [6, 6.07) is 0. The Morgan fingerprint density at radius 3 is 2.26 bits per heavy atom. The Kier molecular flexibility index (Phi) is 6.94. The van der Waals surface area contributed by atoms with Crippen LogP contribution in [-0.4, -0.2) is 48.4 Å². The third-order valence-electron chi connectivity index (χ3n) is 3.12. The summed E-state index contributed by atoms with van der Waals surface area (Å²) in [6.45, 7) is 13.5. The lowest BCUT2D eigenvalue weighted by atomic mass is 10.1. The maximum atomic E-state index is 11.4. The van der Waals surface area contributed by atoms with Crippen LogP contribution in [0, 0.1) is 23.7 Å². The molecular weight excluding hydrogens is 236 g/mol. The van der Waals surface area contributed by atoms with E-state index in [1.165, 1.54) is 0 Å². The van der Waals surface area contributed by atoms with Crippen LogP contribution in [0.15, 0.2) is 0 Å². The molecule has 0 atom stereocenters. The largest absolute Gasteiger partial charge is 0.332 e. The molecule has 1 rings (SSSR count). The third-order valence-corrected chi connectivity index (χ3v) is 3.12. The van der Waals surface area contributed by atoms with E-state index in [1.807, 2.05) is 4.90 Å². The minimum absolute atomic E-state index is 0.260. The van der Waals surface area contributed by atoms with E-state index in [2.05, 4.69) is 44.4 Å². The lowest BCUT2D eigenvalue weighted by molar-refractivity contribution is -0.127. The van der Waals surface area contributed by atoms with Crippen molar-refractivity contribution in [2.24, 2.45) is 11.8 Å². The van der Waals surface area contributed by atoms with E-state index in [0.29, 0.717) is 24.8 Å². The molecule has 0 aromatic heterocycles. The van der Waals surface area contributed by atoms with Gasteiger partial charge < -0.3 is 4.90 Å².